The number of H-pyrrole nitrogens is 1. The number of rotatable bonds is 8. The van der Waals surface area contributed by atoms with Crippen molar-refractivity contribution in [1.29, 1.82) is 0 Å². The summed E-state index contributed by atoms with van der Waals surface area (Å²) in [6, 6.07) is 15.9. The van der Waals surface area contributed by atoms with Gasteiger partial charge in [-0.3, -0.25) is 14.4 Å². The van der Waals surface area contributed by atoms with Gasteiger partial charge in [0.25, 0.3) is 5.56 Å². The van der Waals surface area contributed by atoms with Crippen LogP contribution in [0.1, 0.15) is 41.8 Å². The van der Waals surface area contributed by atoms with E-state index in [9.17, 15) is 19.5 Å². The predicted octanol–water partition coefficient (Wildman–Crippen LogP) is 3.78. The molecule has 0 aliphatic rings. The van der Waals surface area contributed by atoms with Crippen LogP contribution in [0.5, 0.6) is 5.88 Å². The molecule has 1 atom stereocenters. The molecule has 0 aliphatic heterocycles. The summed E-state index contributed by atoms with van der Waals surface area (Å²) in [5, 5.41) is 12.7. The van der Waals surface area contributed by atoms with Crippen LogP contribution < -0.4 is 10.9 Å². The van der Waals surface area contributed by atoms with Gasteiger partial charge >= 0.3 is 0 Å². The Kier molecular flexibility index (Phi) is 7.25. The monoisotopic (exact) mass is 437 g/mol. The SMILES string of the molecule is CC[C@H](Sc1nc(O)c(Cc2ccccc2)c(=O)[nH]1)C(=O)Nc1ccc(C(C)=O)cc1. The third-order valence-corrected chi connectivity index (χ3v) is 5.92. The average molecular weight is 438 g/mol. The Labute approximate surface area is 183 Å². The Morgan fingerprint density at radius 2 is 1.81 bits per heavy atom. The zero-order valence-corrected chi connectivity index (χ0v) is 18.0. The molecule has 0 radical (unpaired) electrons. The molecule has 0 unspecified atom stereocenters. The zero-order valence-electron chi connectivity index (χ0n) is 17.2. The molecule has 160 valence electrons. The second-order valence-corrected chi connectivity index (χ2v) is 8.16. The van der Waals surface area contributed by atoms with Crippen molar-refractivity contribution in [3.05, 3.63) is 81.6 Å². The number of Topliss-reactive ketones (excluding diaryl/α,β-unsaturated/α-hetero) is 1. The van der Waals surface area contributed by atoms with Crippen molar-refractivity contribution in [3.8, 4) is 5.88 Å². The van der Waals surface area contributed by atoms with Crippen LogP contribution in [0.15, 0.2) is 64.5 Å². The van der Waals surface area contributed by atoms with Crippen molar-refractivity contribution in [2.24, 2.45) is 0 Å². The van der Waals surface area contributed by atoms with E-state index in [4.69, 9.17) is 0 Å². The normalized spacial score (nSPS) is 11.7. The highest BCUT2D eigenvalue weighted by Crippen LogP contribution is 2.25. The van der Waals surface area contributed by atoms with Crippen molar-refractivity contribution in [2.75, 3.05) is 5.32 Å². The van der Waals surface area contributed by atoms with E-state index in [1.807, 2.05) is 37.3 Å². The predicted molar refractivity (Wildman–Crippen MR) is 121 cm³/mol. The van der Waals surface area contributed by atoms with E-state index < -0.39 is 10.8 Å². The molecular weight excluding hydrogens is 414 g/mol. The largest absolute Gasteiger partial charge is 0.493 e. The maximum absolute atomic E-state index is 12.7. The van der Waals surface area contributed by atoms with Gasteiger partial charge in [0, 0.05) is 17.7 Å². The molecular formula is C23H23N3O4S. The number of carbonyl (C=O) groups excluding carboxylic acids is 2. The number of nitrogens with zero attached hydrogens (tertiary/aromatic N) is 1. The maximum atomic E-state index is 12.7. The van der Waals surface area contributed by atoms with E-state index in [1.54, 1.807) is 24.3 Å². The summed E-state index contributed by atoms with van der Waals surface area (Å²) in [5.74, 6) is -0.658. The van der Waals surface area contributed by atoms with Gasteiger partial charge < -0.3 is 15.4 Å². The number of aromatic hydroxyl groups is 1. The molecule has 2 aromatic carbocycles. The minimum absolute atomic E-state index is 0.0505. The Morgan fingerprint density at radius 1 is 1.13 bits per heavy atom. The molecule has 0 bridgehead atoms. The summed E-state index contributed by atoms with van der Waals surface area (Å²) < 4.78 is 0. The lowest BCUT2D eigenvalue weighted by Crippen LogP contribution is -2.25. The Morgan fingerprint density at radius 3 is 2.39 bits per heavy atom. The lowest BCUT2D eigenvalue weighted by atomic mass is 10.1. The Bertz CT molecular complexity index is 1130. The van der Waals surface area contributed by atoms with Crippen LogP contribution in [0.4, 0.5) is 5.69 Å². The van der Waals surface area contributed by atoms with Gasteiger partial charge in [0.15, 0.2) is 10.9 Å². The number of hydrogen-bond donors (Lipinski definition) is 3. The van der Waals surface area contributed by atoms with Gasteiger partial charge in [0.05, 0.1) is 10.8 Å². The van der Waals surface area contributed by atoms with E-state index in [2.05, 4.69) is 15.3 Å². The van der Waals surface area contributed by atoms with Gasteiger partial charge in [0.1, 0.15) is 0 Å². The molecule has 1 amide bonds. The average Bonchev–Trinajstić information content (AvgIpc) is 2.75. The van der Waals surface area contributed by atoms with Gasteiger partial charge in [-0.25, -0.2) is 0 Å². The number of amides is 1. The maximum Gasteiger partial charge on any atom is 0.258 e. The van der Waals surface area contributed by atoms with Crippen molar-refractivity contribution in [2.45, 2.75) is 37.1 Å². The third kappa shape index (κ3) is 5.82. The molecule has 3 rings (SSSR count). The number of carbonyl (C=O) groups is 2. The van der Waals surface area contributed by atoms with Crippen LogP contribution in [0.25, 0.3) is 0 Å². The van der Waals surface area contributed by atoms with Crippen LogP contribution >= 0.6 is 11.8 Å². The van der Waals surface area contributed by atoms with E-state index in [-0.39, 0.29) is 34.7 Å². The summed E-state index contributed by atoms with van der Waals surface area (Å²) in [4.78, 5) is 43.3. The quantitative estimate of drug-likeness (QED) is 0.281. The summed E-state index contributed by atoms with van der Waals surface area (Å²) in [6.45, 7) is 3.32. The Balaban J connectivity index is 1.71. The van der Waals surface area contributed by atoms with Crippen LogP contribution in [0, 0.1) is 0 Å². The number of benzene rings is 2. The van der Waals surface area contributed by atoms with Crippen LogP contribution in [-0.4, -0.2) is 32.0 Å². The summed E-state index contributed by atoms with van der Waals surface area (Å²) in [6.07, 6.45) is 0.742. The van der Waals surface area contributed by atoms with Gasteiger partial charge in [0.2, 0.25) is 11.8 Å². The van der Waals surface area contributed by atoms with Gasteiger partial charge in [-0.1, -0.05) is 49.0 Å². The number of aromatic nitrogens is 2. The highest BCUT2D eigenvalue weighted by atomic mass is 32.2. The molecule has 0 aliphatic carbocycles. The van der Waals surface area contributed by atoms with Gasteiger partial charge in [-0.05, 0) is 43.2 Å². The van der Waals surface area contributed by atoms with Crippen LogP contribution in [0.2, 0.25) is 0 Å². The Hall–Kier alpha value is -3.39. The fourth-order valence-electron chi connectivity index (χ4n) is 2.95. The summed E-state index contributed by atoms with van der Waals surface area (Å²) in [5.41, 5.74) is 1.75. The molecule has 8 heteroatoms. The fraction of sp³-hybridized carbons (Fsp3) is 0.217. The number of thioether (sulfide) groups is 1. The molecule has 3 N–H and O–H groups in total. The van der Waals surface area contributed by atoms with E-state index in [0.717, 1.165) is 17.3 Å². The van der Waals surface area contributed by atoms with E-state index in [0.29, 0.717) is 17.7 Å². The minimum atomic E-state index is -0.532. The molecule has 1 aromatic heterocycles. The standard InChI is InChI=1S/C23H23N3O4S/c1-3-19(22(30)24-17-11-9-16(10-12-17)14(2)27)31-23-25-20(28)18(21(29)26-23)13-15-7-5-4-6-8-15/h4-12,19H,3,13H2,1-2H3,(H,24,30)(H2,25,26,28,29)/t19-/m0/s1. The molecule has 0 saturated carbocycles. The number of anilines is 1. The smallest absolute Gasteiger partial charge is 0.258 e. The lowest BCUT2D eigenvalue weighted by molar-refractivity contribution is -0.115. The summed E-state index contributed by atoms with van der Waals surface area (Å²) >= 11 is 1.07. The molecule has 0 spiro atoms. The van der Waals surface area contributed by atoms with Crippen LogP contribution in [0.3, 0.4) is 0 Å². The second-order valence-electron chi connectivity index (χ2n) is 6.97. The minimum Gasteiger partial charge on any atom is -0.493 e. The van der Waals surface area contributed by atoms with Crippen molar-refractivity contribution in [1.82, 2.24) is 9.97 Å². The number of hydrogen-bond acceptors (Lipinski definition) is 6. The van der Waals surface area contributed by atoms with Gasteiger partial charge in [-0.15, -0.1) is 0 Å². The third-order valence-electron chi connectivity index (χ3n) is 4.67. The fourth-order valence-corrected chi connectivity index (χ4v) is 3.84. The van der Waals surface area contributed by atoms with Crippen LogP contribution in [-0.2, 0) is 11.2 Å². The highest BCUT2D eigenvalue weighted by Gasteiger charge is 2.21. The number of aromatic amines is 1. The second kappa shape index (κ2) is 10.1. The first kappa shape index (κ1) is 22.3. The number of ketones is 1. The molecule has 0 fully saturated rings. The van der Waals surface area contributed by atoms with Crippen molar-refractivity contribution in [3.63, 3.8) is 0 Å². The van der Waals surface area contributed by atoms with E-state index in [1.165, 1.54) is 6.92 Å². The molecule has 7 nitrogen and oxygen atoms in total. The van der Waals surface area contributed by atoms with Crippen molar-refractivity contribution >= 4 is 29.1 Å². The highest BCUT2D eigenvalue weighted by molar-refractivity contribution is 8.00. The molecule has 3 aromatic rings. The van der Waals surface area contributed by atoms with Gasteiger partial charge in [-0.2, -0.15) is 4.98 Å². The first-order valence-corrected chi connectivity index (χ1v) is 10.7. The molecule has 1 heterocycles. The molecule has 31 heavy (non-hydrogen) atoms. The van der Waals surface area contributed by atoms with E-state index >= 15 is 0 Å². The zero-order chi connectivity index (χ0) is 22.4. The lowest BCUT2D eigenvalue weighted by Gasteiger charge is -2.15. The summed E-state index contributed by atoms with van der Waals surface area (Å²) in [7, 11) is 0. The molecule has 0 saturated heterocycles. The number of nitrogens with one attached hydrogen (secondary N) is 2. The first-order valence-electron chi connectivity index (χ1n) is 9.82. The topological polar surface area (TPSA) is 112 Å². The first-order chi connectivity index (χ1) is 14.9. The van der Waals surface area contributed by atoms with Crippen molar-refractivity contribution < 1.29 is 14.7 Å².